The van der Waals surface area contributed by atoms with Gasteiger partial charge in [-0.05, 0) is 29.8 Å². The lowest BCUT2D eigenvalue weighted by Crippen LogP contribution is -2.26. The molecule has 0 aliphatic rings. The molecule has 2 aromatic rings. The normalized spacial score (nSPS) is 10.2. The van der Waals surface area contributed by atoms with Crippen molar-refractivity contribution in [3.8, 4) is 0 Å². The lowest BCUT2D eigenvalue weighted by atomic mass is 10.1. The van der Waals surface area contributed by atoms with Crippen molar-refractivity contribution in [2.24, 2.45) is 5.73 Å². The van der Waals surface area contributed by atoms with E-state index in [2.05, 4.69) is 4.98 Å². The number of primary amides is 1. The monoisotopic (exact) mass is 287 g/mol. The fourth-order valence-electron chi connectivity index (χ4n) is 1.84. The van der Waals surface area contributed by atoms with Crippen LogP contribution in [0.1, 0.15) is 26.3 Å². The summed E-state index contributed by atoms with van der Waals surface area (Å²) in [6, 6.07) is 9.20. The zero-order valence-electron chi connectivity index (χ0n) is 11.4. The first-order chi connectivity index (χ1) is 9.97. The van der Waals surface area contributed by atoms with Crippen LogP contribution in [-0.2, 0) is 6.54 Å². The van der Waals surface area contributed by atoms with Gasteiger partial charge in [-0.2, -0.15) is 4.39 Å². The topological polar surface area (TPSA) is 76.3 Å². The number of carbonyl (C=O) groups is 2. The molecule has 0 saturated carbocycles. The van der Waals surface area contributed by atoms with Gasteiger partial charge in [0.15, 0.2) is 0 Å². The van der Waals surface area contributed by atoms with E-state index >= 15 is 0 Å². The van der Waals surface area contributed by atoms with Crippen molar-refractivity contribution < 1.29 is 14.0 Å². The third kappa shape index (κ3) is 3.62. The van der Waals surface area contributed by atoms with Gasteiger partial charge in [-0.25, -0.2) is 4.98 Å². The van der Waals surface area contributed by atoms with Crippen molar-refractivity contribution in [1.29, 1.82) is 0 Å². The Labute approximate surface area is 121 Å². The molecule has 0 aliphatic carbocycles. The van der Waals surface area contributed by atoms with E-state index in [1.165, 1.54) is 17.2 Å². The number of halogens is 1. The van der Waals surface area contributed by atoms with Gasteiger partial charge < -0.3 is 10.6 Å². The largest absolute Gasteiger partial charge is 0.366 e. The van der Waals surface area contributed by atoms with Gasteiger partial charge in [0.1, 0.15) is 0 Å². The Morgan fingerprint density at radius 3 is 2.29 bits per heavy atom. The molecule has 0 saturated heterocycles. The second kappa shape index (κ2) is 6.13. The molecule has 0 bridgehead atoms. The van der Waals surface area contributed by atoms with Crippen LogP contribution < -0.4 is 5.73 Å². The molecule has 0 aliphatic heterocycles. The molecule has 0 radical (unpaired) electrons. The lowest BCUT2D eigenvalue weighted by molar-refractivity contribution is 0.0784. The van der Waals surface area contributed by atoms with E-state index in [9.17, 15) is 14.0 Å². The molecule has 5 nitrogen and oxygen atoms in total. The van der Waals surface area contributed by atoms with Crippen LogP contribution in [-0.4, -0.2) is 28.7 Å². The number of aromatic nitrogens is 1. The highest BCUT2D eigenvalue weighted by molar-refractivity contribution is 5.94. The van der Waals surface area contributed by atoms with E-state index in [1.54, 1.807) is 31.3 Å². The molecule has 0 fully saturated rings. The van der Waals surface area contributed by atoms with Crippen molar-refractivity contribution in [2.75, 3.05) is 7.05 Å². The van der Waals surface area contributed by atoms with Crippen LogP contribution in [0.3, 0.4) is 0 Å². The molecule has 2 N–H and O–H groups in total. The zero-order chi connectivity index (χ0) is 15.4. The van der Waals surface area contributed by atoms with Crippen molar-refractivity contribution >= 4 is 11.8 Å². The second-order valence-corrected chi connectivity index (χ2v) is 4.59. The lowest BCUT2D eigenvalue weighted by Gasteiger charge is -2.17. The van der Waals surface area contributed by atoms with Crippen LogP contribution in [0.25, 0.3) is 0 Å². The summed E-state index contributed by atoms with van der Waals surface area (Å²) in [5, 5.41) is 0. The summed E-state index contributed by atoms with van der Waals surface area (Å²) in [4.78, 5) is 28.0. The van der Waals surface area contributed by atoms with E-state index in [0.29, 0.717) is 17.7 Å². The number of benzene rings is 1. The molecular formula is C15H14FN3O2. The van der Waals surface area contributed by atoms with Crippen LogP contribution in [0.2, 0.25) is 0 Å². The highest BCUT2D eigenvalue weighted by Crippen LogP contribution is 2.09. The van der Waals surface area contributed by atoms with Crippen molar-refractivity contribution in [2.45, 2.75) is 6.54 Å². The van der Waals surface area contributed by atoms with E-state index < -0.39 is 11.9 Å². The number of rotatable bonds is 4. The number of carbonyl (C=O) groups excluding carboxylic acids is 2. The summed E-state index contributed by atoms with van der Waals surface area (Å²) >= 11 is 0. The minimum absolute atomic E-state index is 0.263. The Kier molecular flexibility index (Phi) is 4.27. The Hall–Kier alpha value is -2.76. The minimum atomic E-state index is -0.628. The maximum Gasteiger partial charge on any atom is 0.255 e. The van der Waals surface area contributed by atoms with Gasteiger partial charge in [0.2, 0.25) is 11.9 Å². The number of hydrogen-bond acceptors (Lipinski definition) is 3. The summed E-state index contributed by atoms with van der Waals surface area (Å²) in [7, 11) is 1.63. The molecule has 1 heterocycles. The van der Waals surface area contributed by atoms with Gasteiger partial charge in [0, 0.05) is 25.4 Å². The Bertz CT molecular complexity index is 654. The van der Waals surface area contributed by atoms with Gasteiger partial charge in [-0.1, -0.05) is 12.1 Å². The molecule has 21 heavy (non-hydrogen) atoms. The fourth-order valence-corrected chi connectivity index (χ4v) is 1.84. The average molecular weight is 287 g/mol. The van der Waals surface area contributed by atoms with Crippen molar-refractivity contribution in [1.82, 2.24) is 9.88 Å². The van der Waals surface area contributed by atoms with Gasteiger partial charge in [0.05, 0.1) is 5.56 Å². The molecule has 0 unspecified atom stereocenters. The molecule has 2 amide bonds. The predicted octanol–water partition coefficient (Wildman–Crippen LogP) is 1.59. The summed E-state index contributed by atoms with van der Waals surface area (Å²) in [6.07, 6.45) is 1.20. The SMILES string of the molecule is CN(Cc1ccc(C(N)=O)cc1)C(=O)c1ccc(F)nc1. The van der Waals surface area contributed by atoms with Crippen LogP contribution in [0.4, 0.5) is 4.39 Å². The number of nitrogens with two attached hydrogens (primary N) is 1. The summed E-state index contributed by atoms with van der Waals surface area (Å²) in [6.45, 7) is 0.356. The number of hydrogen-bond donors (Lipinski definition) is 1. The Morgan fingerprint density at radius 1 is 1.14 bits per heavy atom. The number of nitrogens with zero attached hydrogens (tertiary/aromatic N) is 2. The van der Waals surface area contributed by atoms with Gasteiger partial charge in [0.25, 0.3) is 5.91 Å². The van der Waals surface area contributed by atoms with Crippen LogP contribution in [0.15, 0.2) is 42.6 Å². The average Bonchev–Trinajstić information content (AvgIpc) is 2.47. The van der Waals surface area contributed by atoms with Crippen LogP contribution >= 0.6 is 0 Å². The quantitative estimate of drug-likeness (QED) is 0.868. The first kappa shape index (κ1) is 14.6. The van der Waals surface area contributed by atoms with Gasteiger partial charge >= 0.3 is 0 Å². The molecule has 2 rings (SSSR count). The van der Waals surface area contributed by atoms with Crippen molar-refractivity contribution in [3.05, 3.63) is 65.2 Å². The maximum absolute atomic E-state index is 12.7. The van der Waals surface area contributed by atoms with Crippen LogP contribution in [0.5, 0.6) is 0 Å². The molecule has 1 aromatic carbocycles. The first-order valence-electron chi connectivity index (χ1n) is 6.23. The second-order valence-electron chi connectivity index (χ2n) is 4.59. The van der Waals surface area contributed by atoms with E-state index in [4.69, 9.17) is 5.73 Å². The third-order valence-corrected chi connectivity index (χ3v) is 2.98. The summed E-state index contributed by atoms with van der Waals surface area (Å²) in [5.74, 6) is -1.39. The highest BCUT2D eigenvalue weighted by atomic mass is 19.1. The third-order valence-electron chi connectivity index (χ3n) is 2.98. The summed E-state index contributed by atoms with van der Waals surface area (Å²) < 4.78 is 12.7. The van der Waals surface area contributed by atoms with Gasteiger partial charge in [-0.3, -0.25) is 9.59 Å². The smallest absolute Gasteiger partial charge is 0.255 e. The fraction of sp³-hybridized carbons (Fsp3) is 0.133. The number of amides is 2. The van der Waals surface area contributed by atoms with Crippen LogP contribution in [0, 0.1) is 5.95 Å². The maximum atomic E-state index is 12.7. The standard InChI is InChI=1S/C15H14FN3O2/c1-19(15(21)12-6-7-13(16)18-8-12)9-10-2-4-11(5-3-10)14(17)20/h2-8H,9H2,1H3,(H2,17,20). The first-order valence-corrected chi connectivity index (χ1v) is 6.23. The molecule has 0 atom stereocenters. The Balaban J connectivity index is 2.06. The van der Waals surface area contributed by atoms with E-state index in [1.807, 2.05) is 0 Å². The number of pyridine rings is 1. The van der Waals surface area contributed by atoms with Crippen molar-refractivity contribution in [3.63, 3.8) is 0 Å². The van der Waals surface area contributed by atoms with E-state index in [-0.39, 0.29) is 5.91 Å². The van der Waals surface area contributed by atoms with E-state index in [0.717, 1.165) is 11.6 Å². The highest BCUT2D eigenvalue weighted by Gasteiger charge is 2.12. The molecule has 0 spiro atoms. The summed E-state index contributed by atoms with van der Waals surface area (Å²) in [5.41, 5.74) is 6.74. The zero-order valence-corrected chi connectivity index (χ0v) is 11.4. The van der Waals surface area contributed by atoms with Gasteiger partial charge in [-0.15, -0.1) is 0 Å². The Morgan fingerprint density at radius 2 is 1.76 bits per heavy atom. The predicted molar refractivity (Wildman–Crippen MR) is 75.0 cm³/mol. The molecule has 6 heteroatoms. The molecule has 1 aromatic heterocycles. The molecule has 108 valence electrons. The minimum Gasteiger partial charge on any atom is -0.366 e. The molecular weight excluding hydrogens is 273 g/mol.